The molecule has 0 aliphatic heterocycles. The second kappa shape index (κ2) is 11.9. The molecule has 1 heterocycles. The largest absolute Gasteiger partial charge is 0.310 e. The minimum Gasteiger partial charge on any atom is -0.310 e. The molecular weight excluding hydrogens is 613 g/mol. The van der Waals surface area contributed by atoms with Crippen molar-refractivity contribution in [1.82, 2.24) is 9.97 Å². The Kier molecular flexibility index (Phi) is 6.93. The first-order chi connectivity index (χ1) is 24.7. The highest BCUT2D eigenvalue weighted by Crippen LogP contribution is 2.56. The van der Waals surface area contributed by atoms with Crippen LogP contribution >= 0.6 is 0 Å². The summed E-state index contributed by atoms with van der Waals surface area (Å²) in [6, 6.07) is 59.0. The van der Waals surface area contributed by atoms with E-state index in [0.717, 1.165) is 67.8 Å². The predicted octanol–water partition coefficient (Wildman–Crippen LogP) is 10.1. The lowest BCUT2D eigenvalue weighted by Crippen LogP contribution is -2.31. The SMILES string of the molecule is N#Cc1nc2c(nc1C#N)[C@H]1c3ccc(N(c4ccccc4)c4ccccc4)cc3[C@@H]2c2ccc(N(c3ccccc3)c3ccccc3)cc21. The summed E-state index contributed by atoms with van der Waals surface area (Å²) in [5.74, 6) is -0.534. The molecule has 234 valence electrons. The quantitative estimate of drug-likeness (QED) is 0.180. The van der Waals surface area contributed by atoms with Gasteiger partial charge >= 0.3 is 0 Å². The van der Waals surface area contributed by atoms with Crippen LogP contribution in [-0.4, -0.2) is 9.97 Å². The molecule has 0 amide bonds. The number of nitriles is 2. The van der Waals surface area contributed by atoms with Crippen LogP contribution in [0, 0.1) is 22.7 Å². The lowest BCUT2D eigenvalue weighted by molar-refractivity contribution is 0.696. The molecule has 2 bridgehead atoms. The van der Waals surface area contributed by atoms with Gasteiger partial charge in [0.1, 0.15) is 12.1 Å². The lowest BCUT2D eigenvalue weighted by Gasteiger charge is -2.42. The first-order valence-electron chi connectivity index (χ1n) is 16.5. The molecule has 6 aromatic carbocycles. The Bertz CT molecular complexity index is 2210. The van der Waals surface area contributed by atoms with E-state index in [1.165, 1.54) is 0 Å². The molecule has 0 spiro atoms. The Hall–Kier alpha value is -7.02. The van der Waals surface area contributed by atoms with Gasteiger partial charge in [0.25, 0.3) is 0 Å². The second-order valence-corrected chi connectivity index (χ2v) is 12.4. The van der Waals surface area contributed by atoms with E-state index < -0.39 is 0 Å². The number of benzene rings is 6. The average Bonchev–Trinajstić information content (AvgIpc) is 3.19. The zero-order chi connectivity index (χ0) is 33.6. The van der Waals surface area contributed by atoms with Crippen LogP contribution in [0.3, 0.4) is 0 Å². The van der Waals surface area contributed by atoms with E-state index in [2.05, 4.69) is 155 Å². The highest BCUT2D eigenvalue weighted by Gasteiger charge is 2.45. The number of aromatic nitrogens is 2. The van der Waals surface area contributed by atoms with E-state index in [4.69, 9.17) is 9.97 Å². The minimum absolute atomic E-state index is 0.0594. The number of hydrogen-bond acceptors (Lipinski definition) is 6. The number of rotatable bonds is 6. The highest BCUT2D eigenvalue weighted by atomic mass is 15.1. The van der Waals surface area contributed by atoms with E-state index in [0.29, 0.717) is 0 Å². The van der Waals surface area contributed by atoms with Gasteiger partial charge in [0.2, 0.25) is 0 Å². The van der Waals surface area contributed by atoms with Gasteiger partial charge in [-0.2, -0.15) is 10.5 Å². The van der Waals surface area contributed by atoms with E-state index >= 15 is 0 Å². The van der Waals surface area contributed by atoms with Crippen molar-refractivity contribution in [3.8, 4) is 12.1 Å². The van der Waals surface area contributed by atoms with Crippen LogP contribution < -0.4 is 9.80 Å². The molecule has 0 radical (unpaired) electrons. The fraction of sp³-hybridized carbons (Fsp3) is 0.0455. The van der Waals surface area contributed by atoms with Crippen molar-refractivity contribution in [3.05, 3.63) is 203 Å². The Labute approximate surface area is 290 Å². The van der Waals surface area contributed by atoms with Crippen LogP contribution in [0.1, 0.15) is 56.9 Å². The van der Waals surface area contributed by atoms with E-state index in [1.807, 2.05) is 24.3 Å². The van der Waals surface area contributed by atoms with Crippen molar-refractivity contribution in [2.24, 2.45) is 0 Å². The molecule has 0 unspecified atom stereocenters. The summed E-state index contributed by atoms with van der Waals surface area (Å²) in [6.07, 6.45) is 0. The fourth-order valence-corrected chi connectivity index (χ4v) is 7.60. The third kappa shape index (κ3) is 4.63. The van der Waals surface area contributed by atoms with Crippen molar-refractivity contribution >= 4 is 34.1 Å². The lowest BCUT2D eigenvalue weighted by atomic mass is 9.64. The molecule has 1 aromatic heterocycles. The monoisotopic (exact) mass is 640 g/mol. The Morgan fingerprint density at radius 1 is 0.380 bits per heavy atom. The van der Waals surface area contributed by atoms with Gasteiger partial charge in [-0.3, -0.25) is 0 Å². The summed E-state index contributed by atoms with van der Waals surface area (Å²) in [6.45, 7) is 0. The topological polar surface area (TPSA) is 79.8 Å². The van der Waals surface area contributed by atoms with Crippen LogP contribution in [0.4, 0.5) is 34.1 Å². The number of hydrogen-bond donors (Lipinski definition) is 0. The van der Waals surface area contributed by atoms with Crippen LogP contribution in [-0.2, 0) is 0 Å². The molecule has 10 rings (SSSR count). The van der Waals surface area contributed by atoms with Crippen LogP contribution in [0.5, 0.6) is 0 Å². The maximum atomic E-state index is 9.98. The van der Waals surface area contributed by atoms with Gasteiger partial charge in [-0.05, 0) is 95.1 Å². The summed E-state index contributed by atoms with van der Waals surface area (Å²) < 4.78 is 0. The molecule has 0 fully saturated rings. The molecule has 6 heteroatoms. The van der Waals surface area contributed by atoms with E-state index in [9.17, 15) is 10.5 Å². The van der Waals surface area contributed by atoms with Gasteiger partial charge in [0.15, 0.2) is 11.4 Å². The average molecular weight is 641 g/mol. The Morgan fingerprint density at radius 2 is 0.700 bits per heavy atom. The van der Waals surface area contributed by atoms with E-state index in [1.54, 1.807) is 0 Å². The van der Waals surface area contributed by atoms with Crippen LogP contribution in [0.25, 0.3) is 0 Å². The number of nitrogens with zero attached hydrogens (tertiary/aromatic N) is 6. The van der Waals surface area contributed by atoms with Crippen molar-refractivity contribution < 1.29 is 0 Å². The van der Waals surface area contributed by atoms with Crippen molar-refractivity contribution in [2.45, 2.75) is 11.8 Å². The van der Waals surface area contributed by atoms with Crippen LogP contribution in [0.2, 0.25) is 0 Å². The molecule has 50 heavy (non-hydrogen) atoms. The second-order valence-electron chi connectivity index (χ2n) is 12.4. The summed E-state index contributed by atoms with van der Waals surface area (Å²) >= 11 is 0. The maximum Gasteiger partial charge on any atom is 0.177 e. The van der Waals surface area contributed by atoms with Gasteiger partial charge in [-0.15, -0.1) is 0 Å². The molecule has 2 atom stereocenters. The molecule has 6 nitrogen and oxygen atoms in total. The third-order valence-corrected chi connectivity index (χ3v) is 9.67. The molecule has 3 aliphatic carbocycles. The fourth-order valence-electron chi connectivity index (χ4n) is 7.60. The smallest absolute Gasteiger partial charge is 0.177 e. The summed E-state index contributed by atoms with van der Waals surface area (Å²) in [5.41, 5.74) is 12.4. The molecule has 7 aromatic rings. The third-order valence-electron chi connectivity index (χ3n) is 9.67. The normalized spacial score (nSPS) is 14.8. The number of anilines is 6. The van der Waals surface area contributed by atoms with Gasteiger partial charge < -0.3 is 9.80 Å². The summed E-state index contributed by atoms with van der Waals surface area (Å²) in [7, 11) is 0. The standard InChI is InChI=1S/C44H28N6/c45-27-39-40(28-46)48-44-42-35-23-21-33(49(29-13-5-1-6-14-29)30-15-7-2-8-16-30)25-37(35)41(43(44)47-39)36-24-22-34(26-38(36)42)50(31-17-9-3-10-18-31)32-19-11-4-12-20-32/h1-26,41-42H/t41-,42-/m0/s1. The Balaban J connectivity index is 1.25. The van der Waals surface area contributed by atoms with Crippen LogP contribution in [0.15, 0.2) is 158 Å². The van der Waals surface area contributed by atoms with Gasteiger partial charge in [0, 0.05) is 34.1 Å². The van der Waals surface area contributed by atoms with Gasteiger partial charge in [-0.1, -0.05) is 84.9 Å². The molecule has 0 N–H and O–H groups in total. The molecule has 0 saturated carbocycles. The van der Waals surface area contributed by atoms with Gasteiger partial charge in [-0.25, -0.2) is 9.97 Å². The molecular formula is C44H28N6. The zero-order valence-electron chi connectivity index (χ0n) is 26.8. The Morgan fingerprint density at radius 3 is 1.00 bits per heavy atom. The summed E-state index contributed by atoms with van der Waals surface area (Å²) in [4.78, 5) is 14.2. The first kappa shape index (κ1) is 29.1. The highest BCUT2D eigenvalue weighted by molar-refractivity contribution is 5.81. The van der Waals surface area contributed by atoms with Crippen molar-refractivity contribution in [2.75, 3.05) is 9.80 Å². The van der Waals surface area contributed by atoms with E-state index in [-0.39, 0.29) is 23.2 Å². The van der Waals surface area contributed by atoms with Crippen molar-refractivity contribution in [3.63, 3.8) is 0 Å². The molecule has 3 aliphatic rings. The van der Waals surface area contributed by atoms with Gasteiger partial charge in [0.05, 0.1) is 23.2 Å². The number of para-hydroxylation sites is 4. The zero-order valence-corrected chi connectivity index (χ0v) is 26.8. The minimum atomic E-state index is -0.267. The first-order valence-corrected chi connectivity index (χ1v) is 16.5. The predicted molar refractivity (Wildman–Crippen MR) is 196 cm³/mol. The maximum absolute atomic E-state index is 9.98. The molecule has 0 saturated heterocycles. The summed E-state index contributed by atoms with van der Waals surface area (Å²) in [5, 5.41) is 20.0. The van der Waals surface area contributed by atoms with Crippen molar-refractivity contribution in [1.29, 1.82) is 10.5 Å².